The van der Waals surface area contributed by atoms with Gasteiger partial charge < -0.3 is 14.4 Å². The summed E-state index contributed by atoms with van der Waals surface area (Å²) >= 11 is 0. The molecule has 0 bridgehead atoms. The van der Waals surface area contributed by atoms with E-state index in [-0.39, 0.29) is 12.0 Å². The van der Waals surface area contributed by atoms with Gasteiger partial charge in [0.15, 0.2) is 0 Å². The van der Waals surface area contributed by atoms with Crippen molar-refractivity contribution in [2.75, 3.05) is 20.2 Å². The molecular formula is C19H29N3O3. The molecule has 1 aromatic heterocycles. The summed E-state index contributed by atoms with van der Waals surface area (Å²) < 4.78 is 10.9. The summed E-state index contributed by atoms with van der Waals surface area (Å²) in [4.78, 5) is 14.8. The van der Waals surface area contributed by atoms with Crippen LogP contribution in [0.25, 0.3) is 0 Å². The normalized spacial score (nSPS) is 26.7. The van der Waals surface area contributed by atoms with Crippen molar-refractivity contribution in [3.8, 4) is 11.8 Å². The molecule has 0 spiro atoms. The van der Waals surface area contributed by atoms with Gasteiger partial charge >= 0.3 is 0 Å². The van der Waals surface area contributed by atoms with Crippen LogP contribution >= 0.6 is 0 Å². The van der Waals surface area contributed by atoms with Gasteiger partial charge in [0.2, 0.25) is 17.7 Å². The fourth-order valence-corrected chi connectivity index (χ4v) is 3.97. The molecule has 138 valence electrons. The number of aromatic nitrogens is 2. The average molecular weight is 347 g/mol. The summed E-state index contributed by atoms with van der Waals surface area (Å²) in [6.45, 7) is 6.00. The van der Waals surface area contributed by atoms with Crippen molar-refractivity contribution in [3.63, 3.8) is 0 Å². The number of rotatable bonds is 5. The molecule has 2 aliphatic rings. The molecule has 25 heavy (non-hydrogen) atoms. The topological polar surface area (TPSA) is 64.6 Å². The van der Waals surface area contributed by atoms with Crippen LogP contribution in [-0.4, -0.2) is 47.3 Å². The Kier molecular flexibility index (Phi) is 5.76. The van der Waals surface area contributed by atoms with Crippen molar-refractivity contribution in [2.45, 2.75) is 52.1 Å². The lowest BCUT2D eigenvalue weighted by molar-refractivity contribution is -0.136. The first-order valence-corrected chi connectivity index (χ1v) is 9.40. The van der Waals surface area contributed by atoms with Gasteiger partial charge in [-0.2, -0.15) is 0 Å². The monoisotopic (exact) mass is 347 g/mol. The van der Waals surface area contributed by atoms with Gasteiger partial charge in [0.1, 0.15) is 6.10 Å². The molecule has 1 amide bonds. The van der Waals surface area contributed by atoms with Crippen LogP contribution in [0, 0.1) is 17.8 Å². The van der Waals surface area contributed by atoms with Crippen LogP contribution in [-0.2, 0) is 4.79 Å². The smallest absolute Gasteiger partial charge is 0.233 e. The minimum Gasteiger partial charge on any atom is -0.480 e. The molecule has 1 saturated carbocycles. The molecule has 2 heterocycles. The van der Waals surface area contributed by atoms with E-state index in [1.54, 1.807) is 19.2 Å². The maximum atomic E-state index is 12.8. The third-order valence-electron chi connectivity index (χ3n) is 5.63. The van der Waals surface area contributed by atoms with Crippen molar-refractivity contribution in [1.29, 1.82) is 0 Å². The number of hydrogen-bond acceptors (Lipinski definition) is 5. The highest BCUT2D eigenvalue weighted by Crippen LogP contribution is 2.34. The number of methoxy groups -OCH3 is 1. The Bertz CT molecular complexity index is 568. The zero-order valence-corrected chi connectivity index (χ0v) is 15.5. The van der Waals surface area contributed by atoms with Crippen molar-refractivity contribution in [3.05, 3.63) is 12.1 Å². The van der Waals surface area contributed by atoms with Crippen molar-refractivity contribution in [1.82, 2.24) is 15.1 Å². The average Bonchev–Trinajstić information content (AvgIpc) is 3.10. The lowest BCUT2D eigenvalue weighted by Crippen LogP contribution is -2.37. The molecule has 3 rings (SSSR count). The maximum absolute atomic E-state index is 12.8. The highest BCUT2D eigenvalue weighted by molar-refractivity contribution is 5.79. The number of ether oxygens (including phenoxy) is 2. The first-order chi connectivity index (χ1) is 12.1. The number of likely N-dealkylation sites (tertiary alicyclic amines) is 1. The quantitative estimate of drug-likeness (QED) is 0.819. The predicted molar refractivity (Wildman–Crippen MR) is 94.5 cm³/mol. The third kappa shape index (κ3) is 4.41. The van der Waals surface area contributed by atoms with Crippen LogP contribution in [0.5, 0.6) is 11.8 Å². The summed E-state index contributed by atoms with van der Waals surface area (Å²) in [7, 11) is 1.56. The number of carbonyl (C=O) groups is 1. The molecule has 2 fully saturated rings. The Balaban J connectivity index is 1.48. The Morgan fingerprint density at radius 2 is 1.80 bits per heavy atom. The van der Waals surface area contributed by atoms with E-state index >= 15 is 0 Å². The van der Waals surface area contributed by atoms with E-state index in [9.17, 15) is 4.79 Å². The van der Waals surface area contributed by atoms with Crippen LogP contribution in [0.2, 0.25) is 0 Å². The van der Waals surface area contributed by atoms with E-state index in [4.69, 9.17) is 9.47 Å². The Morgan fingerprint density at radius 1 is 1.12 bits per heavy atom. The van der Waals surface area contributed by atoms with Gasteiger partial charge in [0, 0.05) is 31.0 Å². The Hall–Kier alpha value is -1.85. The third-order valence-corrected chi connectivity index (χ3v) is 5.63. The van der Waals surface area contributed by atoms with Gasteiger partial charge in [-0.15, -0.1) is 10.2 Å². The summed E-state index contributed by atoms with van der Waals surface area (Å²) in [5, 5.41) is 7.91. The molecule has 1 aliphatic carbocycles. The van der Waals surface area contributed by atoms with E-state index in [1.807, 2.05) is 4.90 Å². The van der Waals surface area contributed by atoms with E-state index in [0.29, 0.717) is 24.2 Å². The highest BCUT2D eigenvalue weighted by atomic mass is 16.5. The van der Waals surface area contributed by atoms with Gasteiger partial charge in [-0.1, -0.05) is 13.8 Å². The lowest BCUT2D eigenvalue weighted by atomic mass is 9.76. The number of amides is 1. The minimum absolute atomic E-state index is 0.00125. The van der Waals surface area contributed by atoms with E-state index in [0.717, 1.165) is 37.6 Å². The molecular weight excluding hydrogens is 318 g/mol. The zero-order chi connectivity index (χ0) is 17.8. The standard InChI is InChI=1S/C19H29N3O3/c1-13(2)14-4-6-15(7-5-14)19(23)22-11-10-16(12-22)25-18-9-8-17(24-3)20-21-18/h8-9,13-16H,4-7,10-12H2,1-3H3. The van der Waals surface area contributed by atoms with Crippen molar-refractivity contribution in [2.24, 2.45) is 17.8 Å². The molecule has 6 heteroatoms. The number of nitrogens with zero attached hydrogens (tertiary/aromatic N) is 3. The van der Waals surface area contributed by atoms with Crippen LogP contribution in [0.1, 0.15) is 46.0 Å². The molecule has 6 nitrogen and oxygen atoms in total. The summed E-state index contributed by atoms with van der Waals surface area (Å²) in [6, 6.07) is 3.48. The van der Waals surface area contributed by atoms with Crippen LogP contribution < -0.4 is 9.47 Å². The molecule has 1 saturated heterocycles. The lowest BCUT2D eigenvalue weighted by Gasteiger charge is -2.32. The zero-order valence-electron chi connectivity index (χ0n) is 15.5. The molecule has 0 aromatic carbocycles. The molecule has 0 N–H and O–H groups in total. The molecule has 1 aliphatic heterocycles. The minimum atomic E-state index is -0.00125. The van der Waals surface area contributed by atoms with E-state index < -0.39 is 0 Å². The number of hydrogen-bond donors (Lipinski definition) is 0. The fraction of sp³-hybridized carbons (Fsp3) is 0.737. The van der Waals surface area contributed by atoms with Gasteiger partial charge in [-0.3, -0.25) is 4.79 Å². The highest BCUT2D eigenvalue weighted by Gasteiger charge is 2.34. The van der Waals surface area contributed by atoms with Gasteiger partial charge in [-0.25, -0.2) is 0 Å². The first kappa shape index (κ1) is 18.0. The van der Waals surface area contributed by atoms with Gasteiger partial charge in [-0.05, 0) is 37.5 Å². The van der Waals surface area contributed by atoms with Gasteiger partial charge in [0.25, 0.3) is 0 Å². The predicted octanol–water partition coefficient (Wildman–Crippen LogP) is 2.93. The maximum Gasteiger partial charge on any atom is 0.233 e. The van der Waals surface area contributed by atoms with E-state index in [1.165, 1.54) is 12.8 Å². The fourth-order valence-electron chi connectivity index (χ4n) is 3.97. The summed E-state index contributed by atoms with van der Waals surface area (Å²) in [6.07, 6.45) is 5.29. The molecule has 1 atom stereocenters. The molecule has 1 unspecified atom stereocenters. The second kappa shape index (κ2) is 8.02. The van der Waals surface area contributed by atoms with Crippen LogP contribution in [0.4, 0.5) is 0 Å². The number of carbonyl (C=O) groups excluding carboxylic acids is 1. The Labute approximate surface area is 149 Å². The molecule has 1 aromatic rings. The second-order valence-electron chi connectivity index (χ2n) is 7.58. The van der Waals surface area contributed by atoms with Crippen LogP contribution in [0.15, 0.2) is 12.1 Å². The van der Waals surface area contributed by atoms with E-state index in [2.05, 4.69) is 24.0 Å². The summed E-state index contributed by atoms with van der Waals surface area (Å²) in [5.41, 5.74) is 0. The second-order valence-corrected chi connectivity index (χ2v) is 7.58. The first-order valence-electron chi connectivity index (χ1n) is 9.40. The van der Waals surface area contributed by atoms with Crippen molar-refractivity contribution < 1.29 is 14.3 Å². The summed E-state index contributed by atoms with van der Waals surface area (Å²) in [5.74, 6) is 2.98. The van der Waals surface area contributed by atoms with Crippen molar-refractivity contribution >= 4 is 5.91 Å². The van der Waals surface area contributed by atoms with Crippen LogP contribution in [0.3, 0.4) is 0 Å². The Morgan fingerprint density at radius 3 is 2.40 bits per heavy atom. The largest absolute Gasteiger partial charge is 0.480 e. The molecule has 0 radical (unpaired) electrons. The SMILES string of the molecule is COc1ccc(OC2CCN(C(=O)C3CCC(C(C)C)CC3)C2)nn1. The van der Waals surface area contributed by atoms with Gasteiger partial charge in [0.05, 0.1) is 13.7 Å².